The van der Waals surface area contributed by atoms with Crippen LogP contribution in [-0.4, -0.2) is 12.0 Å². The van der Waals surface area contributed by atoms with Crippen LogP contribution < -0.4 is 10.4 Å². The SMILES string of the molecule is C=C1CC=c2cc(C3C(=C)CCCCC3C(=O)C(F)(F)F)ccc2=C(C#N)C1. The monoisotopic (exact) mass is 385 g/mol. The quantitative estimate of drug-likeness (QED) is 0.557. The zero-order chi connectivity index (χ0) is 20.5. The lowest BCUT2D eigenvalue weighted by Crippen LogP contribution is -2.35. The summed E-state index contributed by atoms with van der Waals surface area (Å²) in [6.07, 6.45) is 0.319. The van der Waals surface area contributed by atoms with Gasteiger partial charge in [0.2, 0.25) is 5.78 Å². The number of carbonyl (C=O) groups is 1. The molecule has 0 aromatic heterocycles. The molecule has 2 atom stereocenters. The van der Waals surface area contributed by atoms with Crippen LogP contribution in [0.4, 0.5) is 13.2 Å². The summed E-state index contributed by atoms with van der Waals surface area (Å²) in [5.74, 6) is -3.47. The molecule has 1 aromatic carbocycles. The normalized spacial score (nSPS) is 23.1. The van der Waals surface area contributed by atoms with E-state index in [-0.39, 0.29) is 6.42 Å². The molecular formula is C23H22F3NO. The highest BCUT2D eigenvalue weighted by molar-refractivity contribution is 5.87. The van der Waals surface area contributed by atoms with Crippen molar-refractivity contribution in [2.75, 3.05) is 0 Å². The third-order valence-corrected chi connectivity index (χ3v) is 5.65. The van der Waals surface area contributed by atoms with Gasteiger partial charge >= 0.3 is 6.18 Å². The highest BCUT2D eigenvalue weighted by Gasteiger charge is 2.47. The number of allylic oxidation sites excluding steroid dienone is 2. The topological polar surface area (TPSA) is 40.9 Å². The molecule has 2 nitrogen and oxygen atoms in total. The molecule has 3 rings (SSSR count). The number of ketones is 1. The Morgan fingerprint density at radius 3 is 2.64 bits per heavy atom. The molecule has 0 N–H and O–H groups in total. The molecule has 1 fully saturated rings. The van der Waals surface area contributed by atoms with Gasteiger partial charge in [0.15, 0.2) is 0 Å². The minimum atomic E-state index is -4.86. The molecule has 0 heterocycles. The molecule has 28 heavy (non-hydrogen) atoms. The number of alkyl halides is 3. The van der Waals surface area contributed by atoms with E-state index in [2.05, 4.69) is 19.2 Å². The minimum absolute atomic E-state index is 0.204. The maximum absolute atomic E-state index is 13.2. The molecule has 2 aliphatic rings. The highest BCUT2D eigenvalue weighted by atomic mass is 19.4. The van der Waals surface area contributed by atoms with Crippen molar-refractivity contribution in [2.24, 2.45) is 5.92 Å². The van der Waals surface area contributed by atoms with Crippen LogP contribution >= 0.6 is 0 Å². The first-order chi connectivity index (χ1) is 13.2. The van der Waals surface area contributed by atoms with Gasteiger partial charge in [-0.3, -0.25) is 4.79 Å². The van der Waals surface area contributed by atoms with Crippen molar-refractivity contribution >= 4 is 17.4 Å². The number of hydrogen-bond donors (Lipinski definition) is 0. The lowest BCUT2D eigenvalue weighted by atomic mass is 9.77. The second-order valence-electron chi connectivity index (χ2n) is 7.62. The number of carbonyl (C=O) groups excluding carboxylic acids is 1. The molecule has 1 aromatic rings. The van der Waals surface area contributed by atoms with Gasteiger partial charge in [-0.05, 0) is 41.7 Å². The molecule has 0 radical (unpaired) electrons. The summed E-state index contributed by atoms with van der Waals surface area (Å²) in [5, 5.41) is 11.0. The van der Waals surface area contributed by atoms with Crippen LogP contribution in [0.5, 0.6) is 0 Å². The Hall–Kier alpha value is -2.61. The fourth-order valence-electron chi connectivity index (χ4n) is 4.27. The van der Waals surface area contributed by atoms with Crippen LogP contribution in [0.3, 0.4) is 0 Å². The summed E-state index contributed by atoms with van der Waals surface area (Å²) in [6.45, 7) is 7.99. The van der Waals surface area contributed by atoms with Crippen molar-refractivity contribution in [3.63, 3.8) is 0 Å². The summed E-state index contributed by atoms with van der Waals surface area (Å²) in [4.78, 5) is 12.2. The highest BCUT2D eigenvalue weighted by Crippen LogP contribution is 2.42. The summed E-state index contributed by atoms with van der Waals surface area (Å²) >= 11 is 0. The first kappa shape index (κ1) is 20.1. The molecule has 2 aliphatic carbocycles. The molecule has 0 aliphatic heterocycles. The molecule has 2 unspecified atom stereocenters. The maximum atomic E-state index is 13.2. The molecule has 5 heteroatoms. The first-order valence-electron chi connectivity index (χ1n) is 9.41. The zero-order valence-electron chi connectivity index (χ0n) is 15.6. The van der Waals surface area contributed by atoms with E-state index in [1.54, 1.807) is 12.1 Å². The Morgan fingerprint density at radius 2 is 1.96 bits per heavy atom. The third-order valence-electron chi connectivity index (χ3n) is 5.65. The van der Waals surface area contributed by atoms with Crippen molar-refractivity contribution in [1.82, 2.24) is 0 Å². The Kier molecular flexibility index (Phi) is 5.60. The molecule has 1 saturated carbocycles. The number of rotatable bonds is 2. The predicted molar refractivity (Wildman–Crippen MR) is 102 cm³/mol. The van der Waals surface area contributed by atoms with E-state index in [1.807, 2.05) is 12.1 Å². The Bertz CT molecular complexity index is 994. The van der Waals surface area contributed by atoms with Crippen molar-refractivity contribution < 1.29 is 18.0 Å². The standard InChI is InChI=1S/C23H22F3NO/c1-14-7-8-16-12-17(9-10-19(16)18(11-14)13-27)21-15(2)5-3-4-6-20(21)22(28)23(24,25)26/h8-10,12,20-21H,1-7,11H2. The van der Waals surface area contributed by atoms with E-state index < -0.39 is 23.8 Å². The van der Waals surface area contributed by atoms with Gasteiger partial charge in [0, 0.05) is 23.8 Å². The van der Waals surface area contributed by atoms with Crippen molar-refractivity contribution in [1.29, 1.82) is 5.26 Å². The van der Waals surface area contributed by atoms with E-state index >= 15 is 0 Å². The van der Waals surface area contributed by atoms with Gasteiger partial charge in [-0.15, -0.1) is 0 Å². The summed E-state index contributed by atoms with van der Waals surface area (Å²) < 4.78 is 39.6. The third kappa shape index (κ3) is 3.96. The van der Waals surface area contributed by atoms with Gasteiger partial charge in [0.1, 0.15) is 0 Å². The van der Waals surface area contributed by atoms with Gasteiger partial charge < -0.3 is 0 Å². The number of Topliss-reactive ketones (excluding diaryl/α,β-unsaturated/α-hetero) is 1. The molecule has 146 valence electrons. The number of benzene rings is 1. The lowest BCUT2D eigenvalue weighted by molar-refractivity contribution is -0.176. The predicted octanol–water partition coefficient (Wildman–Crippen LogP) is 4.45. The Balaban J connectivity index is 2.15. The zero-order valence-corrected chi connectivity index (χ0v) is 15.6. The van der Waals surface area contributed by atoms with Crippen molar-refractivity contribution in [3.8, 4) is 6.07 Å². The van der Waals surface area contributed by atoms with Gasteiger partial charge in [0.25, 0.3) is 0 Å². The smallest absolute Gasteiger partial charge is 0.289 e. The second-order valence-corrected chi connectivity index (χ2v) is 7.62. The lowest BCUT2D eigenvalue weighted by Gasteiger charge is -2.27. The van der Waals surface area contributed by atoms with Gasteiger partial charge in [-0.25, -0.2) is 0 Å². The average Bonchev–Trinajstić information content (AvgIpc) is 2.93. The van der Waals surface area contributed by atoms with E-state index in [0.29, 0.717) is 42.4 Å². The molecule has 0 spiro atoms. The Morgan fingerprint density at radius 1 is 1.21 bits per heavy atom. The van der Waals surface area contributed by atoms with Crippen LogP contribution in [-0.2, 0) is 4.79 Å². The van der Waals surface area contributed by atoms with Crippen molar-refractivity contribution in [3.05, 3.63) is 58.5 Å². The molecule has 0 saturated heterocycles. The number of nitriles is 1. The van der Waals surface area contributed by atoms with Gasteiger partial charge in [0.05, 0.1) is 6.07 Å². The van der Waals surface area contributed by atoms with Crippen LogP contribution in [0.25, 0.3) is 11.6 Å². The number of nitrogens with zero attached hydrogens (tertiary/aromatic N) is 1. The second kappa shape index (κ2) is 7.79. The largest absolute Gasteiger partial charge is 0.450 e. The van der Waals surface area contributed by atoms with E-state index in [4.69, 9.17) is 0 Å². The molecular weight excluding hydrogens is 363 g/mol. The minimum Gasteiger partial charge on any atom is -0.289 e. The van der Waals surface area contributed by atoms with Crippen LogP contribution in [0, 0.1) is 17.2 Å². The fourth-order valence-corrected chi connectivity index (χ4v) is 4.27. The van der Waals surface area contributed by atoms with Crippen LogP contribution in [0.15, 0.2) is 42.5 Å². The van der Waals surface area contributed by atoms with Crippen LogP contribution in [0.2, 0.25) is 0 Å². The first-order valence-corrected chi connectivity index (χ1v) is 9.41. The van der Waals surface area contributed by atoms with Crippen LogP contribution in [0.1, 0.15) is 50.0 Å². The van der Waals surface area contributed by atoms with Gasteiger partial charge in [-0.1, -0.05) is 55.0 Å². The number of fused-ring (bicyclic) bond motifs is 1. The maximum Gasteiger partial charge on any atom is 0.450 e. The number of halogens is 3. The van der Waals surface area contributed by atoms with E-state index in [9.17, 15) is 23.2 Å². The summed E-state index contributed by atoms with van der Waals surface area (Å²) in [6, 6.07) is 7.56. The van der Waals surface area contributed by atoms with Gasteiger partial charge in [-0.2, -0.15) is 18.4 Å². The number of hydrogen-bond acceptors (Lipinski definition) is 2. The fraction of sp³-hybridized carbons (Fsp3) is 0.391. The summed E-state index contributed by atoms with van der Waals surface area (Å²) in [5.41, 5.74) is 2.85. The molecule has 0 amide bonds. The van der Waals surface area contributed by atoms with E-state index in [1.165, 1.54) is 0 Å². The summed E-state index contributed by atoms with van der Waals surface area (Å²) in [7, 11) is 0. The average molecular weight is 385 g/mol. The molecule has 0 bridgehead atoms. The van der Waals surface area contributed by atoms with E-state index in [0.717, 1.165) is 22.4 Å². The Labute approximate surface area is 162 Å². The van der Waals surface area contributed by atoms with Crippen molar-refractivity contribution in [2.45, 2.75) is 50.6 Å².